The van der Waals surface area contributed by atoms with Crippen LogP contribution in [0.5, 0.6) is 0 Å². The predicted octanol–water partition coefficient (Wildman–Crippen LogP) is 2.41. The molecule has 0 spiro atoms. The molecule has 1 aromatic heterocycles. The molecule has 1 heterocycles. The zero-order chi connectivity index (χ0) is 20.1. The van der Waals surface area contributed by atoms with Gasteiger partial charge in [0.2, 0.25) is 0 Å². The maximum atomic E-state index is 13.1. The average molecular weight is 379 g/mol. The summed E-state index contributed by atoms with van der Waals surface area (Å²) in [4.78, 5) is 32.2. The number of amides is 1. The van der Waals surface area contributed by atoms with Crippen molar-refractivity contribution in [3.63, 3.8) is 0 Å². The molecule has 0 atom stereocenters. The average Bonchev–Trinajstić information content (AvgIpc) is 2.68. The number of carbonyl (C=O) groups is 1. The van der Waals surface area contributed by atoms with Crippen molar-refractivity contribution in [1.82, 2.24) is 15.4 Å². The minimum atomic E-state index is -0.685. The first-order valence-corrected chi connectivity index (χ1v) is 8.40. The maximum Gasteiger partial charge on any atom is 0.346 e. The van der Waals surface area contributed by atoms with Crippen LogP contribution in [0.15, 0.2) is 64.5 Å². The number of rotatable bonds is 5. The Labute approximate surface area is 160 Å². The Bertz CT molecular complexity index is 1060. The third-order valence-corrected chi connectivity index (χ3v) is 3.92. The Kier molecular flexibility index (Phi) is 5.59. The number of aromatic amines is 1. The van der Waals surface area contributed by atoms with E-state index in [0.29, 0.717) is 5.56 Å². The van der Waals surface area contributed by atoms with Crippen LogP contribution < -0.4 is 16.0 Å². The van der Waals surface area contributed by atoms with Gasteiger partial charge in [-0.2, -0.15) is 10.1 Å². The van der Waals surface area contributed by atoms with Gasteiger partial charge in [-0.25, -0.2) is 14.6 Å². The largest absolute Gasteiger partial charge is 0.378 e. The fourth-order valence-electron chi connectivity index (χ4n) is 2.43. The minimum absolute atomic E-state index is 0.000527. The van der Waals surface area contributed by atoms with Crippen LogP contribution in [0.3, 0.4) is 0 Å². The summed E-state index contributed by atoms with van der Waals surface area (Å²) in [7, 11) is 3.89. The van der Waals surface area contributed by atoms with Crippen LogP contribution in [0.1, 0.15) is 16.1 Å². The van der Waals surface area contributed by atoms with Crippen LogP contribution in [0.2, 0.25) is 0 Å². The molecule has 0 bridgehead atoms. The number of hydrogen-bond acceptors (Lipinski definition) is 5. The van der Waals surface area contributed by atoms with Crippen molar-refractivity contribution in [2.45, 2.75) is 0 Å². The molecule has 0 aliphatic carbocycles. The van der Waals surface area contributed by atoms with Crippen molar-refractivity contribution >= 4 is 17.8 Å². The van der Waals surface area contributed by atoms with E-state index in [9.17, 15) is 14.0 Å². The first kappa shape index (κ1) is 19.0. The molecule has 0 unspecified atom stereocenters. The first-order valence-electron chi connectivity index (χ1n) is 8.40. The highest BCUT2D eigenvalue weighted by atomic mass is 19.1. The van der Waals surface area contributed by atoms with Crippen LogP contribution in [0.25, 0.3) is 11.3 Å². The lowest BCUT2D eigenvalue weighted by atomic mass is 10.1. The van der Waals surface area contributed by atoms with Crippen molar-refractivity contribution in [1.29, 1.82) is 0 Å². The molecule has 0 radical (unpaired) electrons. The molecule has 0 fully saturated rings. The SMILES string of the molecule is CN(C)c1ccc(/C=N/NC(=O)c2cc(-c3ccc(F)cc3)nc(=O)[nH]2)cc1. The number of nitrogens with one attached hydrogen (secondary N) is 2. The van der Waals surface area contributed by atoms with Crippen LogP contribution >= 0.6 is 0 Å². The molecule has 2 aromatic carbocycles. The number of halogens is 1. The molecular formula is C20H18FN5O2. The van der Waals surface area contributed by atoms with E-state index >= 15 is 0 Å². The number of aromatic nitrogens is 2. The molecule has 28 heavy (non-hydrogen) atoms. The van der Waals surface area contributed by atoms with Gasteiger partial charge in [-0.05, 0) is 48.0 Å². The van der Waals surface area contributed by atoms with Crippen molar-refractivity contribution < 1.29 is 9.18 Å². The lowest BCUT2D eigenvalue weighted by Crippen LogP contribution is -2.24. The van der Waals surface area contributed by atoms with Gasteiger partial charge in [0, 0.05) is 25.3 Å². The third-order valence-electron chi connectivity index (χ3n) is 3.92. The Morgan fingerprint density at radius 2 is 1.82 bits per heavy atom. The summed E-state index contributed by atoms with van der Waals surface area (Å²) in [5, 5.41) is 3.91. The van der Waals surface area contributed by atoms with E-state index in [1.807, 2.05) is 43.3 Å². The van der Waals surface area contributed by atoms with E-state index in [-0.39, 0.29) is 11.4 Å². The fourth-order valence-corrected chi connectivity index (χ4v) is 2.43. The lowest BCUT2D eigenvalue weighted by Gasteiger charge is -2.11. The molecule has 0 saturated carbocycles. The van der Waals surface area contributed by atoms with E-state index in [1.165, 1.54) is 36.5 Å². The van der Waals surface area contributed by atoms with Crippen LogP contribution in [-0.2, 0) is 0 Å². The Hall–Kier alpha value is -3.81. The van der Waals surface area contributed by atoms with Gasteiger partial charge < -0.3 is 9.88 Å². The molecule has 8 heteroatoms. The number of H-pyrrole nitrogens is 1. The van der Waals surface area contributed by atoms with Crippen LogP contribution in [0, 0.1) is 5.82 Å². The van der Waals surface area contributed by atoms with Crippen molar-refractivity contribution in [3.05, 3.63) is 82.2 Å². The number of hydrazone groups is 1. The molecule has 142 valence electrons. The van der Waals surface area contributed by atoms with Gasteiger partial charge in [0.15, 0.2) is 0 Å². The molecular weight excluding hydrogens is 361 g/mol. The summed E-state index contributed by atoms with van der Waals surface area (Å²) in [6, 6.07) is 14.5. The molecule has 7 nitrogen and oxygen atoms in total. The number of hydrogen-bond donors (Lipinski definition) is 2. The molecule has 3 aromatic rings. The maximum absolute atomic E-state index is 13.1. The molecule has 0 saturated heterocycles. The summed E-state index contributed by atoms with van der Waals surface area (Å²) in [6.07, 6.45) is 1.50. The van der Waals surface area contributed by atoms with E-state index in [0.717, 1.165) is 11.3 Å². The van der Waals surface area contributed by atoms with Crippen LogP contribution in [0.4, 0.5) is 10.1 Å². The van der Waals surface area contributed by atoms with Gasteiger partial charge in [0.05, 0.1) is 11.9 Å². The van der Waals surface area contributed by atoms with E-state index in [4.69, 9.17) is 0 Å². The van der Waals surface area contributed by atoms with Crippen LogP contribution in [-0.4, -0.2) is 36.2 Å². The number of carbonyl (C=O) groups excluding carboxylic acids is 1. The fraction of sp³-hybridized carbons (Fsp3) is 0.100. The monoisotopic (exact) mass is 379 g/mol. The predicted molar refractivity (Wildman–Crippen MR) is 106 cm³/mol. The molecule has 3 rings (SSSR count). The molecule has 2 N–H and O–H groups in total. The smallest absolute Gasteiger partial charge is 0.346 e. The van der Waals surface area contributed by atoms with Gasteiger partial charge in [-0.15, -0.1) is 0 Å². The minimum Gasteiger partial charge on any atom is -0.378 e. The highest BCUT2D eigenvalue weighted by molar-refractivity contribution is 5.93. The number of nitrogens with zero attached hydrogens (tertiary/aromatic N) is 3. The van der Waals surface area contributed by atoms with E-state index in [2.05, 4.69) is 20.5 Å². The second-order valence-corrected chi connectivity index (χ2v) is 6.18. The normalized spacial score (nSPS) is 10.8. The lowest BCUT2D eigenvalue weighted by molar-refractivity contribution is 0.0949. The zero-order valence-corrected chi connectivity index (χ0v) is 15.3. The standard InChI is InChI=1S/C20H18FN5O2/c1-26(2)16-9-3-13(4-10-16)12-22-25-19(27)18-11-17(23-20(28)24-18)14-5-7-15(21)8-6-14/h3-12H,1-2H3,(H,25,27)(H,23,24,28)/b22-12+. The van der Waals surface area contributed by atoms with Crippen molar-refractivity contribution in [2.75, 3.05) is 19.0 Å². The topological polar surface area (TPSA) is 90.4 Å². The van der Waals surface area contributed by atoms with Crippen molar-refractivity contribution in [3.8, 4) is 11.3 Å². The number of benzene rings is 2. The third kappa shape index (κ3) is 4.67. The zero-order valence-electron chi connectivity index (χ0n) is 15.3. The Morgan fingerprint density at radius 1 is 1.14 bits per heavy atom. The molecule has 0 aliphatic rings. The van der Waals surface area contributed by atoms with Crippen molar-refractivity contribution in [2.24, 2.45) is 5.10 Å². The van der Waals surface area contributed by atoms with Gasteiger partial charge in [-0.1, -0.05) is 12.1 Å². The van der Waals surface area contributed by atoms with Gasteiger partial charge in [-0.3, -0.25) is 4.79 Å². The quantitative estimate of drug-likeness (QED) is 0.526. The highest BCUT2D eigenvalue weighted by Gasteiger charge is 2.10. The van der Waals surface area contributed by atoms with Gasteiger partial charge >= 0.3 is 5.69 Å². The van der Waals surface area contributed by atoms with E-state index < -0.39 is 17.4 Å². The summed E-state index contributed by atoms with van der Waals surface area (Å²) in [5.74, 6) is -0.997. The summed E-state index contributed by atoms with van der Waals surface area (Å²) >= 11 is 0. The highest BCUT2D eigenvalue weighted by Crippen LogP contribution is 2.16. The second kappa shape index (κ2) is 8.26. The summed E-state index contributed by atoms with van der Waals surface area (Å²) < 4.78 is 13.1. The number of anilines is 1. The summed E-state index contributed by atoms with van der Waals surface area (Å²) in [5.41, 5.74) is 4.31. The summed E-state index contributed by atoms with van der Waals surface area (Å²) in [6.45, 7) is 0. The second-order valence-electron chi connectivity index (χ2n) is 6.18. The molecule has 1 amide bonds. The van der Waals surface area contributed by atoms with E-state index in [1.54, 1.807) is 0 Å². The van der Waals surface area contributed by atoms with Gasteiger partial charge in [0.25, 0.3) is 5.91 Å². The Balaban J connectivity index is 1.73. The molecule has 0 aliphatic heterocycles. The van der Waals surface area contributed by atoms with Gasteiger partial charge in [0.1, 0.15) is 11.5 Å². The first-order chi connectivity index (χ1) is 13.4. The Morgan fingerprint density at radius 3 is 2.46 bits per heavy atom.